The van der Waals surface area contributed by atoms with Gasteiger partial charge in [0.1, 0.15) is 5.82 Å². The van der Waals surface area contributed by atoms with Gasteiger partial charge in [-0.3, -0.25) is 4.98 Å². The van der Waals surface area contributed by atoms with E-state index >= 15 is 0 Å². The lowest BCUT2D eigenvalue weighted by Gasteiger charge is -2.09. The Hall–Kier alpha value is -0.860. The van der Waals surface area contributed by atoms with Crippen molar-refractivity contribution in [3.8, 4) is 0 Å². The first-order valence-electron chi connectivity index (χ1n) is 4.98. The van der Waals surface area contributed by atoms with Gasteiger partial charge in [-0.05, 0) is 31.0 Å². The van der Waals surface area contributed by atoms with Gasteiger partial charge in [-0.2, -0.15) is 0 Å². The summed E-state index contributed by atoms with van der Waals surface area (Å²) in [6.45, 7) is 3.88. The fraction of sp³-hybridized carbons (Fsp3) is 0.250. The van der Waals surface area contributed by atoms with E-state index in [2.05, 4.69) is 4.98 Å². The second-order valence-electron chi connectivity index (χ2n) is 3.63. The lowest BCUT2D eigenvalue weighted by Crippen LogP contribution is -1.96. The van der Waals surface area contributed by atoms with E-state index in [0.717, 1.165) is 17.7 Å². The molecule has 0 atom stereocenters. The number of hydrogen-bond donors (Lipinski definition) is 0. The highest BCUT2D eigenvalue weighted by Crippen LogP contribution is 2.32. The van der Waals surface area contributed by atoms with Crippen LogP contribution >= 0.6 is 23.2 Å². The molecule has 1 heterocycles. The van der Waals surface area contributed by atoms with Gasteiger partial charge in [0.15, 0.2) is 0 Å². The van der Waals surface area contributed by atoms with E-state index in [9.17, 15) is 4.39 Å². The summed E-state index contributed by atoms with van der Waals surface area (Å²) >= 11 is 12.1. The lowest BCUT2D eigenvalue weighted by molar-refractivity contribution is 0.629. The van der Waals surface area contributed by atoms with Crippen LogP contribution in [-0.2, 0) is 6.42 Å². The number of aromatic nitrogens is 1. The zero-order valence-electron chi connectivity index (χ0n) is 8.94. The molecular weight excluding hydrogens is 248 g/mol. The van der Waals surface area contributed by atoms with Crippen LogP contribution in [0.2, 0.25) is 10.0 Å². The lowest BCUT2D eigenvalue weighted by atomic mass is 10.1. The monoisotopic (exact) mass is 257 g/mol. The van der Waals surface area contributed by atoms with Gasteiger partial charge in [0.25, 0.3) is 0 Å². The Labute approximate surface area is 103 Å². The maximum Gasteiger partial charge on any atom is 0.125 e. The highest BCUT2D eigenvalue weighted by atomic mass is 35.5. The predicted molar refractivity (Wildman–Crippen MR) is 65.8 cm³/mol. The summed E-state index contributed by atoms with van der Waals surface area (Å²) in [5, 5.41) is 1.40. The molecule has 0 saturated carbocycles. The van der Waals surface area contributed by atoms with Crippen molar-refractivity contribution in [2.75, 3.05) is 0 Å². The molecule has 1 nitrogen and oxygen atoms in total. The van der Waals surface area contributed by atoms with E-state index in [1.807, 2.05) is 13.8 Å². The van der Waals surface area contributed by atoms with E-state index in [0.29, 0.717) is 20.9 Å². The summed E-state index contributed by atoms with van der Waals surface area (Å²) in [7, 11) is 0. The Bertz CT molecular complexity index is 567. The first kappa shape index (κ1) is 11.6. The number of nitrogens with zero attached hydrogens (tertiary/aromatic N) is 1. The molecule has 0 spiro atoms. The van der Waals surface area contributed by atoms with E-state index in [1.165, 1.54) is 12.1 Å². The van der Waals surface area contributed by atoms with Crippen LogP contribution in [0.3, 0.4) is 0 Å². The molecule has 0 fully saturated rings. The van der Waals surface area contributed by atoms with Crippen molar-refractivity contribution < 1.29 is 4.39 Å². The fourth-order valence-corrected chi connectivity index (χ4v) is 2.24. The summed E-state index contributed by atoms with van der Waals surface area (Å²) in [5.41, 5.74) is 2.35. The Balaban J connectivity index is 2.92. The van der Waals surface area contributed by atoms with Crippen LogP contribution in [-0.4, -0.2) is 4.98 Å². The van der Waals surface area contributed by atoms with Crippen molar-refractivity contribution in [2.24, 2.45) is 0 Å². The molecule has 1 aromatic heterocycles. The Kier molecular flexibility index (Phi) is 3.04. The molecule has 84 valence electrons. The Morgan fingerprint density at radius 2 is 2.00 bits per heavy atom. The molecule has 0 bridgehead atoms. The van der Waals surface area contributed by atoms with Gasteiger partial charge in [-0.25, -0.2) is 4.39 Å². The molecular formula is C12H10Cl2FN. The van der Waals surface area contributed by atoms with E-state index < -0.39 is 5.82 Å². The average molecular weight is 258 g/mol. The molecule has 0 aliphatic rings. The molecule has 0 N–H and O–H groups in total. The fourth-order valence-electron chi connectivity index (χ4n) is 1.74. The van der Waals surface area contributed by atoms with Gasteiger partial charge >= 0.3 is 0 Å². The van der Waals surface area contributed by atoms with Crippen molar-refractivity contribution in [1.29, 1.82) is 0 Å². The highest BCUT2D eigenvalue weighted by molar-refractivity contribution is 6.39. The van der Waals surface area contributed by atoms with Gasteiger partial charge in [0.2, 0.25) is 0 Å². The summed E-state index contributed by atoms with van der Waals surface area (Å²) in [5.74, 6) is -0.398. The molecule has 4 heteroatoms. The second-order valence-corrected chi connectivity index (χ2v) is 4.42. The normalized spacial score (nSPS) is 11.1. The molecule has 0 radical (unpaired) electrons. The molecule has 0 unspecified atom stereocenters. The second kappa shape index (κ2) is 4.19. The zero-order valence-corrected chi connectivity index (χ0v) is 10.5. The van der Waals surface area contributed by atoms with Gasteiger partial charge < -0.3 is 0 Å². The Morgan fingerprint density at radius 1 is 1.31 bits per heavy atom. The van der Waals surface area contributed by atoms with Gasteiger partial charge in [0, 0.05) is 11.1 Å². The van der Waals surface area contributed by atoms with Crippen molar-refractivity contribution in [3.05, 3.63) is 39.3 Å². The Morgan fingerprint density at radius 3 is 2.62 bits per heavy atom. The molecule has 0 saturated heterocycles. The standard InChI is InChI=1S/C12H10Cl2FN/c1-3-10-6(2)11(14)8-4-7(15)5-9(13)12(8)16-10/h4-5H,3H2,1-2H3. The van der Waals surface area contributed by atoms with Crippen molar-refractivity contribution in [1.82, 2.24) is 4.98 Å². The third-order valence-electron chi connectivity index (χ3n) is 2.61. The maximum absolute atomic E-state index is 13.2. The quantitative estimate of drug-likeness (QED) is 0.731. The van der Waals surface area contributed by atoms with Crippen molar-refractivity contribution in [3.63, 3.8) is 0 Å². The molecule has 2 rings (SSSR count). The van der Waals surface area contributed by atoms with Crippen molar-refractivity contribution >= 4 is 34.1 Å². The van der Waals surface area contributed by atoms with Crippen LogP contribution in [0.5, 0.6) is 0 Å². The minimum atomic E-state index is -0.398. The van der Waals surface area contributed by atoms with Crippen LogP contribution < -0.4 is 0 Å². The zero-order chi connectivity index (χ0) is 11.9. The van der Waals surface area contributed by atoms with E-state index in [1.54, 1.807) is 0 Å². The van der Waals surface area contributed by atoms with Gasteiger partial charge in [-0.1, -0.05) is 30.1 Å². The number of aryl methyl sites for hydroxylation is 1. The maximum atomic E-state index is 13.2. The topological polar surface area (TPSA) is 12.9 Å². The largest absolute Gasteiger partial charge is 0.251 e. The molecule has 1 aromatic carbocycles. The molecule has 0 aliphatic carbocycles. The highest BCUT2D eigenvalue weighted by Gasteiger charge is 2.12. The average Bonchev–Trinajstić information content (AvgIpc) is 2.24. The number of benzene rings is 1. The SMILES string of the molecule is CCc1nc2c(Cl)cc(F)cc2c(Cl)c1C. The molecule has 0 amide bonds. The molecule has 0 aliphatic heterocycles. The number of hydrogen-bond acceptors (Lipinski definition) is 1. The number of rotatable bonds is 1. The molecule has 16 heavy (non-hydrogen) atoms. The van der Waals surface area contributed by atoms with Gasteiger partial charge in [0.05, 0.1) is 15.6 Å². The van der Waals surface area contributed by atoms with Crippen LogP contribution in [0.25, 0.3) is 10.9 Å². The van der Waals surface area contributed by atoms with Crippen LogP contribution in [0.1, 0.15) is 18.2 Å². The molecule has 2 aromatic rings. The summed E-state index contributed by atoms with van der Waals surface area (Å²) in [6.07, 6.45) is 0.773. The minimum Gasteiger partial charge on any atom is -0.251 e. The number of fused-ring (bicyclic) bond motifs is 1. The first-order chi connectivity index (χ1) is 7.54. The van der Waals surface area contributed by atoms with Crippen molar-refractivity contribution in [2.45, 2.75) is 20.3 Å². The predicted octanol–water partition coefficient (Wildman–Crippen LogP) is 4.55. The number of pyridine rings is 1. The van der Waals surface area contributed by atoms with Crippen LogP contribution in [0.15, 0.2) is 12.1 Å². The summed E-state index contributed by atoms with van der Waals surface area (Å²) in [4.78, 5) is 4.41. The van der Waals surface area contributed by atoms with Gasteiger partial charge in [-0.15, -0.1) is 0 Å². The van der Waals surface area contributed by atoms with Crippen LogP contribution in [0, 0.1) is 12.7 Å². The van der Waals surface area contributed by atoms with Crippen LogP contribution in [0.4, 0.5) is 4.39 Å². The van der Waals surface area contributed by atoms with E-state index in [4.69, 9.17) is 23.2 Å². The van der Waals surface area contributed by atoms with E-state index in [-0.39, 0.29) is 0 Å². The number of halogens is 3. The first-order valence-corrected chi connectivity index (χ1v) is 5.74. The smallest absolute Gasteiger partial charge is 0.125 e. The minimum absolute atomic E-state index is 0.298. The third kappa shape index (κ3) is 1.76. The third-order valence-corrected chi connectivity index (χ3v) is 3.38. The summed E-state index contributed by atoms with van der Waals surface area (Å²) in [6, 6.07) is 2.62. The summed E-state index contributed by atoms with van der Waals surface area (Å²) < 4.78 is 13.2.